The topological polar surface area (TPSA) is 93.2 Å². The summed E-state index contributed by atoms with van der Waals surface area (Å²) in [5, 5.41) is 5.33. The van der Waals surface area contributed by atoms with E-state index in [1.54, 1.807) is 13.8 Å². The van der Waals surface area contributed by atoms with E-state index in [0.29, 0.717) is 5.69 Å². The van der Waals surface area contributed by atoms with Gasteiger partial charge in [0, 0.05) is 23.4 Å². The molecule has 1 atom stereocenters. The molecule has 1 aliphatic carbocycles. The molecule has 2 N–H and O–H groups in total. The van der Waals surface area contributed by atoms with Crippen molar-refractivity contribution in [2.75, 3.05) is 11.9 Å². The number of hydrogen-bond acceptors (Lipinski definition) is 5. The first kappa shape index (κ1) is 22.4. The molecule has 166 valence electrons. The molecule has 1 saturated carbocycles. The first-order chi connectivity index (χ1) is 14.5. The third-order valence-electron chi connectivity index (χ3n) is 4.46. The highest BCUT2D eigenvalue weighted by Crippen LogP contribution is 2.30. The second kappa shape index (κ2) is 8.86. The summed E-state index contributed by atoms with van der Waals surface area (Å²) in [5.41, 5.74) is 0.993. The Kier molecular flexibility index (Phi) is 6.42. The van der Waals surface area contributed by atoms with E-state index in [-0.39, 0.29) is 28.8 Å². The number of ether oxygens (including phenoxy) is 1. The molecule has 11 heteroatoms. The van der Waals surface area contributed by atoms with Crippen molar-refractivity contribution < 1.29 is 31.9 Å². The molecule has 1 aliphatic rings. The monoisotopic (exact) mass is 440 g/mol. The molecule has 0 radical (unpaired) electrons. The van der Waals surface area contributed by atoms with Crippen molar-refractivity contribution in [2.45, 2.75) is 38.9 Å². The van der Waals surface area contributed by atoms with Crippen molar-refractivity contribution in [2.24, 2.45) is 5.92 Å². The Hall–Kier alpha value is -3.24. The van der Waals surface area contributed by atoms with E-state index in [1.807, 2.05) is 0 Å². The van der Waals surface area contributed by atoms with Gasteiger partial charge in [-0.05, 0) is 50.5 Å². The average molecular weight is 440 g/mol. The molecule has 2 heterocycles. The molecule has 1 fully saturated rings. The Labute approximate surface area is 175 Å². The second-order valence-electron chi connectivity index (χ2n) is 7.30. The van der Waals surface area contributed by atoms with Gasteiger partial charge in [0.1, 0.15) is 5.82 Å². The molecule has 3 rings (SSSR count). The maximum atomic E-state index is 14.0. The van der Waals surface area contributed by atoms with Crippen LogP contribution >= 0.6 is 0 Å². The number of nitrogens with one attached hydrogen (secondary N) is 2. The lowest BCUT2D eigenvalue weighted by atomic mass is 10.1. The highest BCUT2D eigenvalue weighted by molar-refractivity contribution is 5.97. The molecule has 0 aliphatic heterocycles. The molecule has 2 aromatic rings. The van der Waals surface area contributed by atoms with Crippen molar-refractivity contribution in [3.63, 3.8) is 0 Å². The minimum absolute atomic E-state index is 0.0231. The van der Waals surface area contributed by atoms with Crippen LogP contribution < -0.4 is 15.4 Å². The number of halogens is 4. The van der Waals surface area contributed by atoms with Gasteiger partial charge in [0.25, 0.3) is 11.8 Å². The van der Waals surface area contributed by atoms with Gasteiger partial charge in [0.05, 0.1) is 6.04 Å². The molecule has 31 heavy (non-hydrogen) atoms. The molecule has 1 unspecified atom stereocenters. The largest absolute Gasteiger partial charge is 0.466 e. The number of carbonyl (C=O) groups is 2. The molecule has 0 saturated heterocycles. The molecule has 7 nitrogen and oxygen atoms in total. The molecule has 0 bridgehead atoms. The number of amides is 2. The number of pyridine rings is 2. The van der Waals surface area contributed by atoms with E-state index in [1.165, 1.54) is 12.1 Å². The smallest absolute Gasteiger partial charge is 0.422 e. The fraction of sp³-hybridized carbons (Fsp3) is 0.400. The highest BCUT2D eigenvalue weighted by atomic mass is 19.4. The van der Waals surface area contributed by atoms with Crippen molar-refractivity contribution >= 4 is 17.6 Å². The lowest BCUT2D eigenvalue weighted by Crippen LogP contribution is -2.27. The highest BCUT2D eigenvalue weighted by Gasteiger charge is 2.30. The van der Waals surface area contributed by atoms with E-state index in [4.69, 9.17) is 0 Å². The summed E-state index contributed by atoms with van der Waals surface area (Å²) in [6.45, 7) is 1.57. The van der Waals surface area contributed by atoms with Crippen molar-refractivity contribution in [1.82, 2.24) is 15.3 Å². The van der Waals surface area contributed by atoms with Gasteiger partial charge in [-0.25, -0.2) is 14.4 Å². The number of alkyl halides is 3. The van der Waals surface area contributed by atoms with Crippen LogP contribution in [-0.2, 0) is 4.79 Å². The molecule has 2 amide bonds. The van der Waals surface area contributed by atoms with Crippen LogP contribution in [0.2, 0.25) is 0 Å². The molecule has 2 aromatic heterocycles. The SMILES string of the molecule is Cc1cc(C(=O)NC(C)c2cnc(OCC(F)(F)F)c(F)c2)cc(NC(=O)C2CC2)n1. The summed E-state index contributed by atoms with van der Waals surface area (Å²) in [6, 6.07) is 3.20. The van der Waals surface area contributed by atoms with Crippen LogP contribution in [-0.4, -0.2) is 34.6 Å². The summed E-state index contributed by atoms with van der Waals surface area (Å²) in [6.07, 6.45) is -1.84. The number of hydrogen-bond donors (Lipinski definition) is 2. The van der Waals surface area contributed by atoms with Crippen LogP contribution in [0, 0.1) is 18.7 Å². The first-order valence-corrected chi connectivity index (χ1v) is 9.47. The Bertz CT molecular complexity index is 993. The normalized spacial score (nSPS) is 14.6. The maximum absolute atomic E-state index is 14.0. The summed E-state index contributed by atoms with van der Waals surface area (Å²) >= 11 is 0. The van der Waals surface area contributed by atoms with Crippen LogP contribution in [0.5, 0.6) is 5.88 Å². The molecule has 0 spiro atoms. The van der Waals surface area contributed by atoms with E-state index in [9.17, 15) is 27.2 Å². The Morgan fingerprint density at radius 3 is 2.58 bits per heavy atom. The molecular formula is C20H20F4N4O3. The third kappa shape index (κ3) is 6.37. The zero-order chi connectivity index (χ0) is 22.8. The quantitative estimate of drug-likeness (QED) is 0.641. The second-order valence-corrected chi connectivity index (χ2v) is 7.30. The van der Waals surface area contributed by atoms with E-state index >= 15 is 0 Å². The van der Waals surface area contributed by atoms with Crippen LogP contribution in [0.25, 0.3) is 0 Å². The predicted octanol–water partition coefficient (Wildman–Crippen LogP) is 3.70. The van der Waals surface area contributed by atoms with E-state index in [0.717, 1.165) is 25.1 Å². The zero-order valence-corrected chi connectivity index (χ0v) is 16.7. The van der Waals surface area contributed by atoms with Crippen LogP contribution in [0.3, 0.4) is 0 Å². The minimum Gasteiger partial charge on any atom is -0.466 e. The maximum Gasteiger partial charge on any atom is 0.422 e. The summed E-state index contributed by atoms with van der Waals surface area (Å²) in [5.74, 6) is -2.27. The lowest BCUT2D eigenvalue weighted by Gasteiger charge is -2.16. The summed E-state index contributed by atoms with van der Waals surface area (Å²) < 4.78 is 55.0. The Morgan fingerprint density at radius 2 is 1.97 bits per heavy atom. The van der Waals surface area contributed by atoms with Gasteiger partial charge in [-0.2, -0.15) is 13.2 Å². The first-order valence-electron chi connectivity index (χ1n) is 9.47. The van der Waals surface area contributed by atoms with Gasteiger partial charge < -0.3 is 15.4 Å². The van der Waals surface area contributed by atoms with Gasteiger partial charge in [0.2, 0.25) is 5.91 Å². The number of carbonyl (C=O) groups excluding carboxylic acids is 2. The summed E-state index contributed by atoms with van der Waals surface area (Å²) in [7, 11) is 0. The third-order valence-corrected chi connectivity index (χ3v) is 4.46. The van der Waals surface area contributed by atoms with Gasteiger partial charge in [0.15, 0.2) is 12.4 Å². The number of aromatic nitrogens is 2. The number of aryl methyl sites for hydroxylation is 1. The van der Waals surface area contributed by atoms with Gasteiger partial charge in [-0.1, -0.05) is 0 Å². The number of rotatable bonds is 7. The van der Waals surface area contributed by atoms with Crippen LogP contribution in [0.1, 0.15) is 47.4 Å². The van der Waals surface area contributed by atoms with Gasteiger partial charge in [-0.3, -0.25) is 9.59 Å². The molecular weight excluding hydrogens is 420 g/mol. The van der Waals surface area contributed by atoms with Crippen LogP contribution in [0.15, 0.2) is 24.4 Å². The minimum atomic E-state index is -4.62. The van der Waals surface area contributed by atoms with Gasteiger partial charge in [-0.15, -0.1) is 0 Å². The Balaban J connectivity index is 1.66. The van der Waals surface area contributed by atoms with Crippen LogP contribution in [0.4, 0.5) is 23.4 Å². The van der Waals surface area contributed by atoms with E-state index in [2.05, 4.69) is 25.3 Å². The zero-order valence-electron chi connectivity index (χ0n) is 16.7. The molecule has 0 aromatic carbocycles. The van der Waals surface area contributed by atoms with Crippen molar-refractivity contribution in [3.8, 4) is 5.88 Å². The standard InChI is InChI=1S/C20H20F4N4O3/c1-10-5-13(7-16(26-10)28-17(29)12-3-4-12)18(30)27-11(2)14-6-15(21)19(25-8-14)31-9-20(22,23)24/h5-8,11-12H,3-4,9H2,1-2H3,(H,27,30)(H,26,28,29). The van der Waals surface area contributed by atoms with Crippen molar-refractivity contribution in [3.05, 3.63) is 47.0 Å². The Morgan fingerprint density at radius 1 is 1.26 bits per heavy atom. The predicted molar refractivity (Wildman–Crippen MR) is 102 cm³/mol. The number of anilines is 1. The van der Waals surface area contributed by atoms with Gasteiger partial charge >= 0.3 is 6.18 Å². The summed E-state index contributed by atoms with van der Waals surface area (Å²) in [4.78, 5) is 32.3. The van der Waals surface area contributed by atoms with E-state index < -0.39 is 36.4 Å². The fourth-order valence-corrected chi connectivity index (χ4v) is 2.73. The number of nitrogens with zero attached hydrogens (tertiary/aromatic N) is 2. The average Bonchev–Trinajstić information content (AvgIpc) is 3.51. The fourth-order valence-electron chi connectivity index (χ4n) is 2.73. The van der Waals surface area contributed by atoms with Crippen molar-refractivity contribution in [1.29, 1.82) is 0 Å². The lowest BCUT2D eigenvalue weighted by molar-refractivity contribution is -0.154.